The van der Waals surface area contributed by atoms with Crippen molar-refractivity contribution in [2.45, 2.75) is 19.1 Å². The minimum Gasteiger partial charge on any atom is -0.492 e. The van der Waals surface area contributed by atoms with Gasteiger partial charge < -0.3 is 25.4 Å². The highest BCUT2D eigenvalue weighted by Crippen LogP contribution is 2.17. The predicted octanol–water partition coefficient (Wildman–Crippen LogP) is 0.607. The first-order valence-electron chi connectivity index (χ1n) is 7.41. The van der Waals surface area contributed by atoms with Gasteiger partial charge in [-0.15, -0.1) is 0 Å². The molecule has 124 valence electrons. The minimum atomic E-state index is -0.244. The van der Waals surface area contributed by atoms with Crippen LogP contribution in [0.2, 0.25) is 0 Å². The number of methoxy groups -OCH3 is 1. The van der Waals surface area contributed by atoms with Gasteiger partial charge in [0.1, 0.15) is 12.4 Å². The molecule has 1 unspecified atom stereocenters. The molecular weight excluding hydrogens is 282 g/mol. The molecule has 0 aliphatic rings. The summed E-state index contributed by atoms with van der Waals surface area (Å²) in [5.41, 5.74) is 6.47. The molecule has 3 N–H and O–H groups in total. The highest BCUT2D eigenvalue weighted by molar-refractivity contribution is 5.76. The predicted molar refractivity (Wildman–Crippen MR) is 86.8 cm³/mol. The number of nitrogens with zero attached hydrogens (tertiary/aromatic N) is 1. The largest absolute Gasteiger partial charge is 0.492 e. The Balaban J connectivity index is 2.49. The lowest BCUT2D eigenvalue weighted by Gasteiger charge is -2.15. The van der Waals surface area contributed by atoms with Crippen LogP contribution in [-0.2, 0) is 16.1 Å². The van der Waals surface area contributed by atoms with E-state index in [9.17, 15) is 4.79 Å². The molecule has 1 aromatic carbocycles. The Bertz CT molecular complexity index is 448. The third-order valence-electron chi connectivity index (χ3n) is 3.25. The van der Waals surface area contributed by atoms with Crippen molar-refractivity contribution in [2.24, 2.45) is 5.73 Å². The molecule has 1 amide bonds. The van der Waals surface area contributed by atoms with Crippen molar-refractivity contribution in [2.75, 3.05) is 40.9 Å². The fourth-order valence-corrected chi connectivity index (χ4v) is 1.86. The van der Waals surface area contributed by atoms with E-state index in [1.165, 1.54) is 0 Å². The van der Waals surface area contributed by atoms with Crippen molar-refractivity contribution >= 4 is 5.91 Å². The molecule has 6 nitrogen and oxygen atoms in total. The number of nitrogens with two attached hydrogens (primary N) is 1. The van der Waals surface area contributed by atoms with Gasteiger partial charge >= 0.3 is 0 Å². The molecule has 0 aliphatic carbocycles. The van der Waals surface area contributed by atoms with Gasteiger partial charge in [0.15, 0.2) is 0 Å². The second-order valence-corrected chi connectivity index (χ2v) is 5.33. The number of para-hydroxylation sites is 1. The maximum absolute atomic E-state index is 11.9. The van der Waals surface area contributed by atoms with E-state index in [2.05, 4.69) is 10.2 Å². The Kier molecular flexibility index (Phi) is 8.50. The minimum absolute atomic E-state index is 0.0830. The van der Waals surface area contributed by atoms with Crippen LogP contribution >= 0.6 is 0 Å². The third-order valence-corrected chi connectivity index (χ3v) is 3.25. The molecule has 1 atom stereocenters. The molecule has 0 saturated heterocycles. The molecule has 0 radical (unpaired) electrons. The molecule has 0 aliphatic heterocycles. The number of nitrogens with one attached hydrogen (secondary N) is 1. The number of carbonyl (C=O) groups excluding carboxylic acids is 1. The van der Waals surface area contributed by atoms with Crippen LogP contribution < -0.4 is 15.8 Å². The first kappa shape index (κ1) is 18.4. The second-order valence-electron chi connectivity index (χ2n) is 5.33. The van der Waals surface area contributed by atoms with E-state index in [-0.39, 0.29) is 18.4 Å². The fraction of sp³-hybridized carbons (Fsp3) is 0.562. The Morgan fingerprint density at radius 1 is 1.36 bits per heavy atom. The summed E-state index contributed by atoms with van der Waals surface area (Å²) >= 11 is 0. The standard InChI is InChI=1S/C16H27N3O3/c1-19(2)8-9-22-15-7-5-4-6-13(15)12-18-16(20)10-14(11-17)21-3/h4-7,14H,8-12,17H2,1-3H3,(H,18,20). The maximum atomic E-state index is 11.9. The molecule has 0 fully saturated rings. The van der Waals surface area contributed by atoms with Gasteiger partial charge in [-0.3, -0.25) is 4.79 Å². The lowest BCUT2D eigenvalue weighted by molar-refractivity contribution is -0.123. The summed E-state index contributed by atoms with van der Waals surface area (Å²) in [6, 6.07) is 7.71. The van der Waals surface area contributed by atoms with Crippen molar-refractivity contribution in [3.63, 3.8) is 0 Å². The molecule has 22 heavy (non-hydrogen) atoms. The summed E-state index contributed by atoms with van der Waals surface area (Å²) in [6.07, 6.45) is 0.0167. The Labute approximate surface area is 132 Å². The van der Waals surface area contributed by atoms with Crippen molar-refractivity contribution in [1.29, 1.82) is 0 Å². The van der Waals surface area contributed by atoms with Crippen LogP contribution in [0, 0.1) is 0 Å². The van der Waals surface area contributed by atoms with Crippen LogP contribution in [0.1, 0.15) is 12.0 Å². The molecule has 0 bridgehead atoms. The number of hydrogen-bond acceptors (Lipinski definition) is 5. The Morgan fingerprint density at radius 3 is 2.73 bits per heavy atom. The summed E-state index contributed by atoms with van der Waals surface area (Å²) < 4.78 is 10.9. The van der Waals surface area contributed by atoms with Crippen molar-refractivity contribution in [3.05, 3.63) is 29.8 Å². The number of likely N-dealkylation sites (N-methyl/N-ethyl adjacent to an activating group) is 1. The Hall–Kier alpha value is -1.63. The number of carbonyl (C=O) groups is 1. The van der Waals surface area contributed by atoms with Gasteiger partial charge in [0.05, 0.1) is 12.5 Å². The van der Waals surface area contributed by atoms with Gasteiger partial charge in [-0.05, 0) is 20.2 Å². The molecule has 1 rings (SSSR count). The van der Waals surface area contributed by atoms with Gasteiger partial charge in [0.25, 0.3) is 0 Å². The quantitative estimate of drug-likeness (QED) is 0.662. The zero-order chi connectivity index (χ0) is 16.4. The van der Waals surface area contributed by atoms with E-state index >= 15 is 0 Å². The lowest BCUT2D eigenvalue weighted by atomic mass is 10.2. The smallest absolute Gasteiger partial charge is 0.222 e. The average Bonchev–Trinajstić information content (AvgIpc) is 2.51. The number of amides is 1. The summed E-state index contributed by atoms with van der Waals surface area (Å²) in [7, 11) is 5.55. The molecule has 0 saturated carbocycles. The van der Waals surface area contributed by atoms with Gasteiger partial charge in [-0.2, -0.15) is 0 Å². The fourth-order valence-electron chi connectivity index (χ4n) is 1.86. The van der Waals surface area contributed by atoms with Gasteiger partial charge in [-0.1, -0.05) is 18.2 Å². The van der Waals surface area contributed by atoms with Crippen molar-refractivity contribution < 1.29 is 14.3 Å². The van der Waals surface area contributed by atoms with Gasteiger partial charge in [0, 0.05) is 32.3 Å². The third kappa shape index (κ3) is 6.89. The van der Waals surface area contributed by atoms with E-state index in [0.717, 1.165) is 17.9 Å². The number of ether oxygens (including phenoxy) is 2. The normalized spacial score (nSPS) is 12.2. The summed E-state index contributed by atoms with van der Waals surface area (Å²) in [5, 5.41) is 2.87. The van der Waals surface area contributed by atoms with E-state index in [1.54, 1.807) is 7.11 Å². The van der Waals surface area contributed by atoms with Crippen LogP contribution in [0.4, 0.5) is 0 Å². The number of hydrogen-bond donors (Lipinski definition) is 2. The van der Waals surface area contributed by atoms with Crippen LogP contribution in [-0.4, -0.2) is 57.8 Å². The highest BCUT2D eigenvalue weighted by Gasteiger charge is 2.12. The van der Waals surface area contributed by atoms with Crippen LogP contribution in [0.3, 0.4) is 0 Å². The van der Waals surface area contributed by atoms with E-state index < -0.39 is 0 Å². The Morgan fingerprint density at radius 2 is 2.09 bits per heavy atom. The van der Waals surface area contributed by atoms with E-state index in [0.29, 0.717) is 19.7 Å². The van der Waals surface area contributed by atoms with Crippen LogP contribution in [0.5, 0.6) is 5.75 Å². The molecule has 6 heteroatoms. The number of benzene rings is 1. The molecule has 0 aromatic heterocycles. The zero-order valence-electron chi connectivity index (χ0n) is 13.7. The maximum Gasteiger partial charge on any atom is 0.222 e. The topological polar surface area (TPSA) is 76.8 Å². The molecular formula is C16H27N3O3. The molecule has 1 aromatic rings. The van der Waals surface area contributed by atoms with E-state index in [1.807, 2.05) is 38.4 Å². The first-order chi connectivity index (χ1) is 10.6. The first-order valence-corrected chi connectivity index (χ1v) is 7.41. The average molecular weight is 309 g/mol. The molecule has 0 spiro atoms. The van der Waals surface area contributed by atoms with Crippen molar-refractivity contribution in [1.82, 2.24) is 10.2 Å². The monoisotopic (exact) mass is 309 g/mol. The van der Waals surface area contributed by atoms with E-state index in [4.69, 9.17) is 15.2 Å². The van der Waals surface area contributed by atoms with Crippen LogP contribution in [0.15, 0.2) is 24.3 Å². The van der Waals surface area contributed by atoms with Gasteiger partial charge in [0.2, 0.25) is 5.91 Å². The summed E-state index contributed by atoms with van der Waals surface area (Å²) in [4.78, 5) is 13.9. The highest BCUT2D eigenvalue weighted by atomic mass is 16.5. The lowest BCUT2D eigenvalue weighted by Crippen LogP contribution is -2.32. The van der Waals surface area contributed by atoms with Crippen LogP contribution in [0.25, 0.3) is 0 Å². The molecule has 0 heterocycles. The second kappa shape index (κ2) is 10.2. The summed E-state index contributed by atoms with van der Waals surface area (Å²) in [5.74, 6) is 0.715. The zero-order valence-corrected chi connectivity index (χ0v) is 13.7. The van der Waals surface area contributed by atoms with Gasteiger partial charge in [-0.25, -0.2) is 0 Å². The SMILES string of the molecule is COC(CN)CC(=O)NCc1ccccc1OCCN(C)C. The van der Waals surface area contributed by atoms with Crippen molar-refractivity contribution in [3.8, 4) is 5.75 Å². The summed E-state index contributed by atoms with van der Waals surface area (Å²) in [6.45, 7) is 2.20. The number of rotatable bonds is 10.